The molecule has 0 heterocycles. The van der Waals surface area contributed by atoms with Crippen molar-refractivity contribution in [3.63, 3.8) is 0 Å². The lowest BCUT2D eigenvalue weighted by Crippen LogP contribution is -2.31. The number of aryl methyl sites for hydroxylation is 1. The Morgan fingerprint density at radius 1 is 0.857 bits per heavy atom. The number of rotatable bonds is 7. The van der Waals surface area contributed by atoms with Crippen molar-refractivity contribution in [1.82, 2.24) is 0 Å². The molecular weight excluding hydrogens is 259 g/mol. The fourth-order valence-corrected chi connectivity index (χ4v) is 2.59. The molecule has 0 saturated heterocycles. The molecule has 0 aliphatic heterocycles. The van der Waals surface area contributed by atoms with Crippen LogP contribution in [-0.4, -0.2) is 17.2 Å². The molecule has 2 N–H and O–H groups in total. The van der Waals surface area contributed by atoms with E-state index in [9.17, 15) is 10.0 Å². The molecule has 0 aliphatic carbocycles. The van der Waals surface area contributed by atoms with Crippen LogP contribution in [0.3, 0.4) is 0 Å². The van der Waals surface area contributed by atoms with Gasteiger partial charge in [-0.2, -0.15) is 0 Å². The van der Waals surface area contributed by atoms with Crippen LogP contribution in [0.2, 0.25) is 0 Å². The topological polar surface area (TPSA) is 40.5 Å². The number of benzene rings is 2. The molecule has 3 heteroatoms. The Morgan fingerprint density at radius 3 is 2.24 bits per heavy atom. The van der Waals surface area contributed by atoms with Crippen LogP contribution in [-0.2, 0) is 6.42 Å². The second kappa shape index (κ2) is 8.01. The van der Waals surface area contributed by atoms with E-state index in [4.69, 9.17) is 0 Å². The van der Waals surface area contributed by atoms with Crippen molar-refractivity contribution in [3.05, 3.63) is 54.1 Å². The summed E-state index contributed by atoms with van der Waals surface area (Å²) in [5.41, 5.74) is 3.80. The predicted molar refractivity (Wildman–Crippen MR) is 89.5 cm³/mol. The van der Waals surface area contributed by atoms with Crippen molar-refractivity contribution in [2.75, 3.05) is 0 Å². The van der Waals surface area contributed by atoms with Gasteiger partial charge < -0.3 is 10.0 Å². The van der Waals surface area contributed by atoms with E-state index in [2.05, 4.69) is 31.2 Å². The standard InChI is InChI=1S/C18H23BO2/c1-2-3-4-5-8-15-11-13-16(14-12-15)17-9-6-7-10-18(17)19(20)21/h6-7,9-14,20-21H,2-5,8H2,1H3. The zero-order valence-electron chi connectivity index (χ0n) is 12.6. The zero-order chi connectivity index (χ0) is 15.1. The average Bonchev–Trinajstić information content (AvgIpc) is 2.52. The molecular formula is C18H23BO2. The maximum absolute atomic E-state index is 9.44. The average molecular weight is 282 g/mol. The maximum atomic E-state index is 9.44. The minimum Gasteiger partial charge on any atom is -0.423 e. The summed E-state index contributed by atoms with van der Waals surface area (Å²) in [4.78, 5) is 0. The highest BCUT2D eigenvalue weighted by molar-refractivity contribution is 6.60. The Kier molecular flexibility index (Phi) is 6.03. The summed E-state index contributed by atoms with van der Waals surface area (Å²) in [6.07, 6.45) is 6.21. The summed E-state index contributed by atoms with van der Waals surface area (Å²) >= 11 is 0. The largest absolute Gasteiger partial charge is 0.489 e. The van der Waals surface area contributed by atoms with Crippen molar-refractivity contribution in [3.8, 4) is 11.1 Å². The van der Waals surface area contributed by atoms with Gasteiger partial charge in [-0.3, -0.25) is 0 Å². The maximum Gasteiger partial charge on any atom is 0.489 e. The van der Waals surface area contributed by atoms with Gasteiger partial charge >= 0.3 is 7.12 Å². The molecule has 0 unspecified atom stereocenters. The van der Waals surface area contributed by atoms with Crippen LogP contribution in [0.25, 0.3) is 11.1 Å². The summed E-state index contributed by atoms with van der Waals surface area (Å²) in [5, 5.41) is 18.9. The van der Waals surface area contributed by atoms with Crippen molar-refractivity contribution in [2.45, 2.75) is 39.0 Å². The lowest BCUT2D eigenvalue weighted by Gasteiger charge is -2.09. The van der Waals surface area contributed by atoms with E-state index in [0.717, 1.165) is 17.5 Å². The fraction of sp³-hybridized carbons (Fsp3) is 0.333. The summed E-state index contributed by atoms with van der Waals surface area (Å²) in [7, 11) is -1.44. The van der Waals surface area contributed by atoms with E-state index in [-0.39, 0.29) is 0 Å². The molecule has 2 rings (SSSR count). The first-order valence-corrected chi connectivity index (χ1v) is 7.76. The highest BCUT2D eigenvalue weighted by Crippen LogP contribution is 2.19. The normalized spacial score (nSPS) is 10.6. The number of unbranched alkanes of at least 4 members (excludes halogenated alkanes) is 3. The molecule has 0 radical (unpaired) electrons. The Bertz CT molecular complexity index is 549. The summed E-state index contributed by atoms with van der Waals surface area (Å²) in [6.45, 7) is 2.22. The SMILES string of the molecule is CCCCCCc1ccc(-c2ccccc2B(O)O)cc1. The zero-order valence-corrected chi connectivity index (χ0v) is 12.6. The van der Waals surface area contributed by atoms with E-state index in [1.54, 1.807) is 6.07 Å². The van der Waals surface area contributed by atoms with Gasteiger partial charge in [0.05, 0.1) is 0 Å². The van der Waals surface area contributed by atoms with Crippen molar-refractivity contribution < 1.29 is 10.0 Å². The van der Waals surface area contributed by atoms with Gasteiger partial charge in [0.25, 0.3) is 0 Å². The molecule has 0 aromatic heterocycles. The Hall–Kier alpha value is -1.58. The first-order valence-electron chi connectivity index (χ1n) is 7.76. The van der Waals surface area contributed by atoms with E-state index in [1.807, 2.05) is 18.2 Å². The molecule has 2 aromatic rings. The van der Waals surface area contributed by atoms with Gasteiger partial charge in [-0.05, 0) is 35.0 Å². The molecule has 0 saturated carbocycles. The fourth-order valence-electron chi connectivity index (χ4n) is 2.59. The second-order valence-corrected chi connectivity index (χ2v) is 5.47. The summed E-state index contributed by atoms with van der Waals surface area (Å²) in [5.74, 6) is 0. The van der Waals surface area contributed by atoms with Crippen LogP contribution >= 0.6 is 0 Å². The van der Waals surface area contributed by atoms with E-state index in [1.165, 1.54) is 31.2 Å². The Balaban J connectivity index is 2.09. The molecule has 0 fully saturated rings. The number of hydrogen-bond donors (Lipinski definition) is 2. The van der Waals surface area contributed by atoms with Crippen LogP contribution in [0.1, 0.15) is 38.2 Å². The third-order valence-corrected chi connectivity index (χ3v) is 3.82. The molecule has 0 aliphatic rings. The van der Waals surface area contributed by atoms with Crippen LogP contribution in [0.15, 0.2) is 48.5 Å². The quantitative estimate of drug-likeness (QED) is 0.605. The molecule has 0 atom stereocenters. The molecule has 21 heavy (non-hydrogen) atoms. The van der Waals surface area contributed by atoms with Crippen molar-refractivity contribution in [1.29, 1.82) is 0 Å². The molecule has 0 amide bonds. The third-order valence-electron chi connectivity index (χ3n) is 3.82. The second-order valence-electron chi connectivity index (χ2n) is 5.47. The van der Waals surface area contributed by atoms with Crippen molar-refractivity contribution in [2.24, 2.45) is 0 Å². The number of hydrogen-bond acceptors (Lipinski definition) is 2. The molecule has 2 nitrogen and oxygen atoms in total. The van der Waals surface area contributed by atoms with Gasteiger partial charge in [0.1, 0.15) is 0 Å². The summed E-state index contributed by atoms with van der Waals surface area (Å²) < 4.78 is 0. The lowest BCUT2D eigenvalue weighted by molar-refractivity contribution is 0.426. The smallest absolute Gasteiger partial charge is 0.423 e. The van der Waals surface area contributed by atoms with Crippen molar-refractivity contribution >= 4 is 12.6 Å². The Labute approximate surface area is 127 Å². The third kappa shape index (κ3) is 4.45. The molecule has 0 spiro atoms. The molecule has 110 valence electrons. The predicted octanol–water partition coefficient (Wildman–Crippen LogP) is 3.16. The lowest BCUT2D eigenvalue weighted by atomic mass is 9.75. The highest BCUT2D eigenvalue weighted by atomic mass is 16.4. The van der Waals surface area contributed by atoms with Gasteiger partial charge in [0, 0.05) is 0 Å². The molecule has 2 aromatic carbocycles. The van der Waals surface area contributed by atoms with Crippen LogP contribution in [0.4, 0.5) is 0 Å². The molecule has 0 bridgehead atoms. The van der Waals surface area contributed by atoms with E-state index >= 15 is 0 Å². The first-order chi connectivity index (χ1) is 10.2. The van der Waals surface area contributed by atoms with Gasteiger partial charge in [-0.1, -0.05) is 74.7 Å². The minimum absolute atomic E-state index is 0.549. The van der Waals surface area contributed by atoms with Gasteiger partial charge in [0.2, 0.25) is 0 Å². The summed E-state index contributed by atoms with van der Waals surface area (Å²) in [6, 6.07) is 15.8. The highest BCUT2D eigenvalue weighted by Gasteiger charge is 2.15. The van der Waals surface area contributed by atoms with Gasteiger partial charge in [-0.15, -0.1) is 0 Å². The van der Waals surface area contributed by atoms with E-state index in [0.29, 0.717) is 5.46 Å². The Morgan fingerprint density at radius 2 is 1.57 bits per heavy atom. The van der Waals surface area contributed by atoms with Crippen LogP contribution in [0, 0.1) is 0 Å². The van der Waals surface area contributed by atoms with Crippen LogP contribution < -0.4 is 5.46 Å². The van der Waals surface area contributed by atoms with E-state index < -0.39 is 7.12 Å². The van der Waals surface area contributed by atoms with Crippen LogP contribution in [0.5, 0.6) is 0 Å². The minimum atomic E-state index is -1.44. The van der Waals surface area contributed by atoms with Gasteiger partial charge in [0.15, 0.2) is 0 Å². The van der Waals surface area contributed by atoms with Gasteiger partial charge in [-0.25, -0.2) is 0 Å². The first kappa shape index (κ1) is 15.8. The monoisotopic (exact) mass is 282 g/mol.